The van der Waals surface area contributed by atoms with Crippen LogP contribution >= 0.6 is 11.8 Å². The van der Waals surface area contributed by atoms with Gasteiger partial charge in [-0.1, -0.05) is 47.3 Å². The van der Waals surface area contributed by atoms with E-state index in [0.717, 1.165) is 5.75 Å². The molecule has 0 radical (unpaired) electrons. The van der Waals surface area contributed by atoms with E-state index in [-0.39, 0.29) is 18.6 Å². The fourth-order valence-electron chi connectivity index (χ4n) is 3.79. The van der Waals surface area contributed by atoms with Crippen LogP contribution in [0.15, 0.2) is 60.8 Å². The minimum Gasteiger partial charge on any atom is -0.391 e. The monoisotopic (exact) mass is 449 g/mol. The third-order valence-electron chi connectivity index (χ3n) is 5.42. The van der Waals surface area contributed by atoms with E-state index in [1.54, 1.807) is 24.0 Å². The van der Waals surface area contributed by atoms with Crippen LogP contribution in [-0.2, 0) is 15.3 Å². The smallest absolute Gasteiger partial charge is 0.232 e. The molecule has 8 nitrogen and oxygen atoms in total. The Hall–Kier alpha value is -3.17. The standard InChI is InChI=1S/C23H23N5O3S/c29-22(16-32-15-18-7-3-6-17-5-1-2-8-20(17)18)27-11-12-30-19(13-27)14-31-28-23-21(25-26-28)9-4-10-24-23/h1-10,19H,11-16H2. The van der Waals surface area contributed by atoms with Crippen LogP contribution in [-0.4, -0.2) is 69.1 Å². The summed E-state index contributed by atoms with van der Waals surface area (Å²) in [6.07, 6.45) is 1.44. The number of hydrogen-bond donors (Lipinski definition) is 0. The Morgan fingerprint density at radius 3 is 3.03 bits per heavy atom. The van der Waals surface area contributed by atoms with Gasteiger partial charge < -0.3 is 14.5 Å². The van der Waals surface area contributed by atoms with Crippen molar-refractivity contribution in [1.82, 2.24) is 25.0 Å². The van der Waals surface area contributed by atoms with Crippen molar-refractivity contribution in [2.24, 2.45) is 0 Å². The summed E-state index contributed by atoms with van der Waals surface area (Å²) in [5.41, 5.74) is 2.47. The maximum Gasteiger partial charge on any atom is 0.232 e. The molecule has 1 aliphatic rings. The van der Waals surface area contributed by atoms with Crippen LogP contribution in [0.25, 0.3) is 21.9 Å². The molecule has 0 bridgehead atoms. The van der Waals surface area contributed by atoms with Gasteiger partial charge in [-0.3, -0.25) is 4.79 Å². The van der Waals surface area contributed by atoms with Crippen LogP contribution in [0, 0.1) is 0 Å². The van der Waals surface area contributed by atoms with E-state index in [4.69, 9.17) is 9.57 Å². The number of thioether (sulfide) groups is 1. The fourth-order valence-corrected chi connectivity index (χ4v) is 4.72. The van der Waals surface area contributed by atoms with Crippen molar-refractivity contribution in [3.05, 3.63) is 66.4 Å². The molecule has 5 rings (SSSR count). The number of rotatable bonds is 7. The number of pyridine rings is 1. The Balaban J connectivity index is 1.12. The maximum absolute atomic E-state index is 12.8. The summed E-state index contributed by atoms with van der Waals surface area (Å²) in [4.78, 5) is 25.9. The van der Waals surface area contributed by atoms with E-state index in [9.17, 15) is 4.79 Å². The largest absolute Gasteiger partial charge is 0.391 e. The van der Waals surface area contributed by atoms with Crippen LogP contribution < -0.4 is 4.84 Å². The minimum atomic E-state index is -0.223. The van der Waals surface area contributed by atoms with Crippen molar-refractivity contribution in [2.45, 2.75) is 11.9 Å². The average molecular weight is 450 g/mol. The second-order valence-electron chi connectivity index (χ2n) is 7.57. The van der Waals surface area contributed by atoms with E-state index in [1.165, 1.54) is 21.2 Å². The zero-order chi connectivity index (χ0) is 21.8. The molecule has 164 valence electrons. The topological polar surface area (TPSA) is 82.4 Å². The van der Waals surface area contributed by atoms with Gasteiger partial charge in [-0.25, -0.2) is 4.98 Å². The lowest BCUT2D eigenvalue weighted by Gasteiger charge is -2.32. The van der Waals surface area contributed by atoms with Crippen LogP contribution in [0.3, 0.4) is 0 Å². The number of nitrogens with zero attached hydrogens (tertiary/aromatic N) is 5. The summed E-state index contributed by atoms with van der Waals surface area (Å²) < 4.78 is 5.78. The Kier molecular flexibility index (Phi) is 6.17. The summed E-state index contributed by atoms with van der Waals surface area (Å²) in [5, 5.41) is 10.5. The van der Waals surface area contributed by atoms with Gasteiger partial charge in [0.05, 0.1) is 18.9 Å². The Morgan fingerprint density at radius 2 is 2.06 bits per heavy atom. The van der Waals surface area contributed by atoms with Crippen molar-refractivity contribution in [1.29, 1.82) is 0 Å². The molecule has 1 saturated heterocycles. The average Bonchev–Trinajstić information content (AvgIpc) is 3.26. The molecule has 4 aromatic rings. The second kappa shape index (κ2) is 9.54. The highest BCUT2D eigenvalue weighted by molar-refractivity contribution is 7.99. The third kappa shape index (κ3) is 4.53. The first-order valence-electron chi connectivity index (χ1n) is 10.5. The van der Waals surface area contributed by atoms with Gasteiger partial charge in [0.15, 0.2) is 0 Å². The van der Waals surface area contributed by atoms with E-state index in [1.807, 2.05) is 17.0 Å². The highest BCUT2D eigenvalue weighted by Gasteiger charge is 2.25. The molecule has 1 fully saturated rings. The van der Waals surface area contributed by atoms with Crippen LogP contribution in [0.4, 0.5) is 0 Å². The quantitative estimate of drug-likeness (QED) is 0.429. The van der Waals surface area contributed by atoms with E-state index < -0.39 is 0 Å². The molecule has 32 heavy (non-hydrogen) atoms. The number of amides is 1. The van der Waals surface area contributed by atoms with Crippen molar-refractivity contribution in [3.63, 3.8) is 0 Å². The molecule has 0 N–H and O–H groups in total. The molecule has 0 spiro atoms. The van der Waals surface area contributed by atoms with Crippen LogP contribution in [0.1, 0.15) is 5.56 Å². The summed E-state index contributed by atoms with van der Waals surface area (Å²) in [6, 6.07) is 18.3. The highest BCUT2D eigenvalue weighted by atomic mass is 32.2. The number of hydrogen-bond acceptors (Lipinski definition) is 7. The lowest BCUT2D eigenvalue weighted by atomic mass is 10.1. The van der Waals surface area contributed by atoms with Gasteiger partial charge in [0, 0.05) is 18.5 Å². The Bertz CT molecular complexity index is 1230. The number of morpholine rings is 1. The van der Waals surface area contributed by atoms with Crippen molar-refractivity contribution < 1.29 is 14.4 Å². The van der Waals surface area contributed by atoms with Gasteiger partial charge in [0.2, 0.25) is 11.6 Å². The van der Waals surface area contributed by atoms with Crippen molar-refractivity contribution in [2.75, 3.05) is 32.1 Å². The molecule has 0 saturated carbocycles. The second-order valence-corrected chi connectivity index (χ2v) is 8.55. The molecule has 3 heterocycles. The first-order valence-corrected chi connectivity index (χ1v) is 11.7. The van der Waals surface area contributed by atoms with Gasteiger partial charge in [0.25, 0.3) is 0 Å². The fraction of sp³-hybridized carbons (Fsp3) is 0.304. The van der Waals surface area contributed by atoms with E-state index in [0.29, 0.717) is 36.6 Å². The number of carbonyl (C=O) groups excluding carboxylic acids is 1. The molecule has 2 aromatic heterocycles. The molecular weight excluding hydrogens is 426 g/mol. The van der Waals surface area contributed by atoms with Gasteiger partial charge >= 0.3 is 0 Å². The number of carbonyl (C=O) groups is 1. The summed E-state index contributed by atoms with van der Waals surface area (Å²) in [5.74, 6) is 1.36. The zero-order valence-corrected chi connectivity index (χ0v) is 18.3. The number of ether oxygens (including phenoxy) is 1. The van der Waals surface area contributed by atoms with Gasteiger partial charge in [0.1, 0.15) is 18.2 Å². The molecule has 2 aromatic carbocycles. The molecule has 1 aliphatic heterocycles. The number of benzene rings is 2. The first-order chi connectivity index (χ1) is 15.8. The lowest BCUT2D eigenvalue weighted by Crippen LogP contribution is -2.48. The van der Waals surface area contributed by atoms with E-state index >= 15 is 0 Å². The summed E-state index contributed by atoms with van der Waals surface area (Å²) >= 11 is 1.64. The van der Waals surface area contributed by atoms with Crippen LogP contribution in [0.5, 0.6) is 0 Å². The predicted octanol–water partition coefficient (Wildman–Crippen LogP) is 2.57. The van der Waals surface area contributed by atoms with E-state index in [2.05, 4.69) is 51.7 Å². The maximum atomic E-state index is 12.8. The van der Waals surface area contributed by atoms with Crippen LogP contribution in [0.2, 0.25) is 0 Å². The SMILES string of the molecule is O=C(CSCc1cccc2ccccc12)N1CCOC(COn2nnc3cccnc32)C1. The van der Waals surface area contributed by atoms with Gasteiger partial charge in [-0.05, 0) is 33.7 Å². The lowest BCUT2D eigenvalue weighted by molar-refractivity contribution is -0.138. The third-order valence-corrected chi connectivity index (χ3v) is 6.38. The normalized spacial score (nSPS) is 16.5. The van der Waals surface area contributed by atoms with Crippen molar-refractivity contribution in [3.8, 4) is 0 Å². The summed E-state index contributed by atoms with van der Waals surface area (Å²) in [7, 11) is 0. The molecule has 1 atom stereocenters. The Labute approximate surface area is 189 Å². The predicted molar refractivity (Wildman–Crippen MR) is 123 cm³/mol. The zero-order valence-electron chi connectivity index (χ0n) is 17.5. The molecule has 1 amide bonds. The van der Waals surface area contributed by atoms with Gasteiger partial charge in [-0.15, -0.1) is 16.9 Å². The summed E-state index contributed by atoms with van der Waals surface area (Å²) in [6.45, 7) is 1.85. The van der Waals surface area contributed by atoms with Gasteiger partial charge in [-0.2, -0.15) is 0 Å². The number of fused-ring (bicyclic) bond motifs is 2. The first kappa shape index (κ1) is 20.7. The molecule has 1 unspecified atom stereocenters. The minimum absolute atomic E-state index is 0.122. The number of aromatic nitrogens is 4. The van der Waals surface area contributed by atoms with Crippen molar-refractivity contribution >= 4 is 39.6 Å². The highest BCUT2D eigenvalue weighted by Crippen LogP contribution is 2.23. The molecule has 9 heteroatoms. The molecule has 0 aliphatic carbocycles. The Morgan fingerprint density at radius 1 is 1.16 bits per heavy atom. The molecular formula is C23H23N5O3S.